The lowest BCUT2D eigenvalue weighted by atomic mass is 10.1. The first kappa shape index (κ1) is 14.1. The Morgan fingerprint density at radius 2 is 2.18 bits per heavy atom. The molecule has 1 aromatic heterocycles. The van der Waals surface area contributed by atoms with Crippen molar-refractivity contribution >= 4 is 23.2 Å². The predicted octanol–water partition coefficient (Wildman–Crippen LogP) is 2.12. The molecule has 0 bridgehead atoms. The van der Waals surface area contributed by atoms with E-state index in [0.717, 1.165) is 5.69 Å². The Bertz CT molecular complexity index is 736. The van der Waals surface area contributed by atoms with Gasteiger partial charge in [-0.15, -0.1) is 0 Å². The largest absolute Gasteiger partial charge is 0.482 e. The first-order chi connectivity index (χ1) is 10.5. The number of carbonyl (C=O) groups excluding carboxylic acids is 2. The second kappa shape index (κ2) is 5.51. The first-order valence-electron chi connectivity index (χ1n) is 6.96. The van der Waals surface area contributed by atoms with Gasteiger partial charge >= 0.3 is 0 Å². The number of aromatic amines is 1. The number of nitrogens with one attached hydrogen (secondary N) is 3. The maximum absolute atomic E-state index is 12.2. The van der Waals surface area contributed by atoms with Crippen LogP contribution < -0.4 is 15.4 Å². The monoisotopic (exact) mass is 300 g/mol. The molecule has 7 heteroatoms. The van der Waals surface area contributed by atoms with Crippen LogP contribution in [0.4, 0.5) is 11.4 Å². The molecule has 0 saturated heterocycles. The average Bonchev–Trinajstić information content (AvgIpc) is 2.97. The molecule has 3 rings (SSSR count). The van der Waals surface area contributed by atoms with Crippen molar-refractivity contribution in [3.05, 3.63) is 35.7 Å². The Hall–Kier alpha value is -2.83. The number of nitrogens with zero attached hydrogens (tertiary/aromatic N) is 1. The van der Waals surface area contributed by atoms with Crippen LogP contribution in [0.1, 0.15) is 35.9 Å². The number of rotatable bonds is 3. The van der Waals surface area contributed by atoms with Gasteiger partial charge in [0.2, 0.25) is 0 Å². The zero-order valence-electron chi connectivity index (χ0n) is 12.3. The molecule has 1 aromatic carbocycles. The number of hydrogen-bond acceptors (Lipinski definition) is 4. The summed E-state index contributed by atoms with van der Waals surface area (Å²) in [4.78, 5) is 23.5. The van der Waals surface area contributed by atoms with Gasteiger partial charge in [0.25, 0.3) is 11.8 Å². The molecule has 0 saturated carbocycles. The van der Waals surface area contributed by atoms with Crippen LogP contribution in [0.5, 0.6) is 5.75 Å². The lowest BCUT2D eigenvalue weighted by Crippen LogP contribution is -2.25. The van der Waals surface area contributed by atoms with E-state index in [1.54, 1.807) is 24.3 Å². The van der Waals surface area contributed by atoms with Crippen molar-refractivity contribution < 1.29 is 14.3 Å². The fraction of sp³-hybridized carbons (Fsp3) is 0.267. The molecule has 0 spiro atoms. The third-order valence-electron chi connectivity index (χ3n) is 3.32. The highest BCUT2D eigenvalue weighted by molar-refractivity contribution is 6.04. The summed E-state index contributed by atoms with van der Waals surface area (Å²) in [7, 11) is 0. The maximum atomic E-state index is 12.2. The number of carbonyl (C=O) groups is 2. The lowest BCUT2D eigenvalue weighted by molar-refractivity contribution is -0.118. The van der Waals surface area contributed by atoms with E-state index in [1.807, 2.05) is 13.8 Å². The summed E-state index contributed by atoms with van der Waals surface area (Å²) in [5.74, 6) is 0.320. The molecule has 2 amide bonds. The molecule has 7 nitrogen and oxygen atoms in total. The number of hydrogen-bond donors (Lipinski definition) is 3. The minimum atomic E-state index is -0.314. The molecule has 2 aromatic rings. The second-order valence-electron chi connectivity index (χ2n) is 5.37. The average molecular weight is 300 g/mol. The Kier molecular flexibility index (Phi) is 3.54. The van der Waals surface area contributed by atoms with Crippen molar-refractivity contribution in [3.63, 3.8) is 0 Å². The van der Waals surface area contributed by atoms with Crippen LogP contribution in [0.2, 0.25) is 0 Å². The molecule has 2 heterocycles. The summed E-state index contributed by atoms with van der Waals surface area (Å²) >= 11 is 0. The van der Waals surface area contributed by atoms with E-state index in [9.17, 15) is 9.59 Å². The van der Waals surface area contributed by atoms with Crippen LogP contribution in [0.15, 0.2) is 24.3 Å². The smallest absolute Gasteiger partial charge is 0.276 e. The topological polar surface area (TPSA) is 96.1 Å². The third-order valence-corrected chi connectivity index (χ3v) is 3.32. The SMILES string of the molecule is CC(C)c1cc(C(=O)Nc2ccc3c(c2)NC(=O)CO3)n[nH]1. The second-order valence-corrected chi connectivity index (χ2v) is 5.37. The van der Waals surface area contributed by atoms with Gasteiger partial charge in [0.15, 0.2) is 12.3 Å². The molecule has 0 fully saturated rings. The highest BCUT2D eigenvalue weighted by atomic mass is 16.5. The quantitative estimate of drug-likeness (QED) is 0.809. The van der Waals surface area contributed by atoms with Crippen LogP contribution in [0, 0.1) is 0 Å². The van der Waals surface area contributed by atoms with Crippen molar-refractivity contribution in [1.82, 2.24) is 10.2 Å². The minimum absolute atomic E-state index is 0.00392. The van der Waals surface area contributed by atoms with Crippen LogP contribution in [0.3, 0.4) is 0 Å². The van der Waals surface area contributed by atoms with Crippen LogP contribution in [-0.2, 0) is 4.79 Å². The van der Waals surface area contributed by atoms with E-state index in [2.05, 4.69) is 20.8 Å². The molecule has 0 radical (unpaired) electrons. The standard InChI is InChI=1S/C15H16N4O3/c1-8(2)10-6-12(19-18-10)15(21)16-9-3-4-13-11(5-9)17-14(20)7-22-13/h3-6,8H,7H2,1-2H3,(H,16,21)(H,17,20)(H,18,19). The van der Waals surface area contributed by atoms with E-state index in [4.69, 9.17) is 4.74 Å². The van der Waals surface area contributed by atoms with Gasteiger partial charge in [0.1, 0.15) is 5.75 Å². The lowest BCUT2D eigenvalue weighted by Gasteiger charge is -2.18. The van der Waals surface area contributed by atoms with Gasteiger partial charge in [-0.1, -0.05) is 13.8 Å². The number of ether oxygens (including phenoxy) is 1. The van der Waals surface area contributed by atoms with E-state index in [1.165, 1.54) is 0 Å². The number of fused-ring (bicyclic) bond motifs is 1. The number of H-pyrrole nitrogens is 1. The summed E-state index contributed by atoms with van der Waals surface area (Å²) < 4.78 is 5.27. The minimum Gasteiger partial charge on any atom is -0.482 e. The fourth-order valence-corrected chi connectivity index (χ4v) is 2.10. The van der Waals surface area contributed by atoms with E-state index in [-0.39, 0.29) is 24.3 Å². The molecule has 22 heavy (non-hydrogen) atoms. The Balaban J connectivity index is 1.76. The van der Waals surface area contributed by atoms with E-state index in [0.29, 0.717) is 22.8 Å². The Morgan fingerprint density at radius 3 is 2.91 bits per heavy atom. The van der Waals surface area contributed by atoms with Crippen LogP contribution >= 0.6 is 0 Å². The highest BCUT2D eigenvalue weighted by Gasteiger charge is 2.17. The number of benzene rings is 1. The number of amides is 2. The van der Waals surface area contributed by atoms with Gasteiger partial charge in [0.05, 0.1) is 5.69 Å². The summed E-state index contributed by atoms with van der Waals surface area (Å²) in [5.41, 5.74) is 2.32. The normalized spacial score (nSPS) is 13.3. The molecule has 1 aliphatic rings. The molecular weight excluding hydrogens is 284 g/mol. The van der Waals surface area contributed by atoms with Gasteiger partial charge in [-0.2, -0.15) is 5.10 Å². The molecule has 1 aliphatic heterocycles. The van der Waals surface area contributed by atoms with Crippen molar-refractivity contribution in [1.29, 1.82) is 0 Å². The predicted molar refractivity (Wildman–Crippen MR) is 81.2 cm³/mol. The summed E-state index contributed by atoms with van der Waals surface area (Å²) in [6.07, 6.45) is 0. The molecule has 0 aliphatic carbocycles. The maximum Gasteiger partial charge on any atom is 0.276 e. The van der Waals surface area contributed by atoms with Crippen LogP contribution in [-0.4, -0.2) is 28.6 Å². The molecular formula is C15H16N4O3. The third kappa shape index (κ3) is 2.78. The van der Waals surface area contributed by atoms with E-state index < -0.39 is 0 Å². The number of anilines is 2. The van der Waals surface area contributed by atoms with Crippen molar-refractivity contribution in [2.24, 2.45) is 0 Å². The zero-order chi connectivity index (χ0) is 15.7. The highest BCUT2D eigenvalue weighted by Crippen LogP contribution is 2.30. The number of aromatic nitrogens is 2. The summed E-state index contributed by atoms with van der Waals surface area (Å²) in [6, 6.07) is 6.79. The Labute approximate surface area is 127 Å². The van der Waals surface area contributed by atoms with Gasteiger partial charge in [-0.3, -0.25) is 14.7 Å². The first-order valence-corrected chi connectivity index (χ1v) is 6.96. The van der Waals surface area contributed by atoms with Crippen molar-refractivity contribution in [3.8, 4) is 5.75 Å². The van der Waals surface area contributed by atoms with E-state index >= 15 is 0 Å². The zero-order valence-corrected chi connectivity index (χ0v) is 12.3. The van der Waals surface area contributed by atoms with Gasteiger partial charge in [-0.25, -0.2) is 0 Å². The summed E-state index contributed by atoms with van der Waals surface area (Å²) in [6.45, 7) is 4.03. The molecule has 114 valence electrons. The molecule has 0 atom stereocenters. The summed E-state index contributed by atoms with van der Waals surface area (Å²) in [5, 5.41) is 12.3. The molecule has 3 N–H and O–H groups in total. The fourth-order valence-electron chi connectivity index (χ4n) is 2.10. The van der Waals surface area contributed by atoms with Gasteiger partial charge in [0, 0.05) is 11.4 Å². The van der Waals surface area contributed by atoms with Crippen LogP contribution in [0.25, 0.3) is 0 Å². The van der Waals surface area contributed by atoms with Crippen molar-refractivity contribution in [2.45, 2.75) is 19.8 Å². The Morgan fingerprint density at radius 1 is 1.36 bits per heavy atom. The van der Waals surface area contributed by atoms with Gasteiger partial charge in [-0.05, 0) is 30.2 Å². The molecule has 0 unspecified atom stereocenters. The van der Waals surface area contributed by atoms with Crippen molar-refractivity contribution in [2.75, 3.05) is 17.2 Å². The van der Waals surface area contributed by atoms with Gasteiger partial charge < -0.3 is 15.4 Å².